The van der Waals surface area contributed by atoms with Gasteiger partial charge in [0, 0.05) is 13.1 Å². The molecule has 0 aliphatic carbocycles. The molecule has 4 N–H and O–H groups in total. The van der Waals surface area contributed by atoms with Gasteiger partial charge in [0.15, 0.2) is 0 Å². The normalized spacial score (nSPS) is 9.70. The molecule has 0 rings (SSSR count). The Kier molecular flexibility index (Phi) is 7.71. The van der Waals surface area contributed by atoms with Crippen LogP contribution in [0.15, 0.2) is 0 Å². The fourth-order valence-corrected chi connectivity index (χ4v) is 1.48. The van der Waals surface area contributed by atoms with E-state index >= 15 is 0 Å². The molecule has 0 bridgehead atoms. The highest BCUT2D eigenvalue weighted by Crippen LogP contribution is 1.99. The van der Waals surface area contributed by atoms with Crippen molar-refractivity contribution in [1.29, 1.82) is 0 Å². The van der Waals surface area contributed by atoms with E-state index < -0.39 is 31.0 Å². The number of nitrogens with two attached hydrogens (primary N) is 1. The molecule has 0 radical (unpaired) electrons. The molecule has 20 heavy (non-hydrogen) atoms. The van der Waals surface area contributed by atoms with Crippen LogP contribution >= 0.6 is 0 Å². The summed E-state index contributed by atoms with van der Waals surface area (Å²) >= 11 is 0. The van der Waals surface area contributed by atoms with Crippen molar-refractivity contribution in [3.63, 3.8) is 0 Å². The minimum Gasteiger partial charge on any atom is -0.480 e. The van der Waals surface area contributed by atoms with Gasteiger partial charge >= 0.3 is 12.0 Å². The third kappa shape index (κ3) is 6.57. The van der Waals surface area contributed by atoms with Crippen LogP contribution in [-0.2, 0) is 14.4 Å². The number of amides is 4. The van der Waals surface area contributed by atoms with E-state index in [4.69, 9.17) is 10.8 Å². The van der Waals surface area contributed by atoms with Gasteiger partial charge in [0.25, 0.3) is 0 Å². The molecule has 0 aliphatic heterocycles. The van der Waals surface area contributed by atoms with Gasteiger partial charge in [-0.1, -0.05) is 0 Å². The van der Waals surface area contributed by atoms with Gasteiger partial charge in [-0.3, -0.25) is 14.4 Å². The van der Waals surface area contributed by atoms with E-state index in [0.29, 0.717) is 6.54 Å². The van der Waals surface area contributed by atoms with Gasteiger partial charge in [-0.2, -0.15) is 0 Å². The van der Waals surface area contributed by atoms with Gasteiger partial charge in [0.2, 0.25) is 11.8 Å². The standard InChI is InChI=1S/C11H20N4O5/c1-3-13-9(17)6-14(4-2)11(20)15(5-8(12)16)7-10(18)19/h3-7H2,1-2H3,(H2,12,16)(H,13,17)(H,18,19). The van der Waals surface area contributed by atoms with Crippen LogP contribution in [0.25, 0.3) is 0 Å². The Morgan fingerprint density at radius 3 is 2.05 bits per heavy atom. The summed E-state index contributed by atoms with van der Waals surface area (Å²) in [5, 5.41) is 11.2. The Morgan fingerprint density at radius 1 is 1.05 bits per heavy atom. The molecule has 0 spiro atoms. The Balaban J connectivity index is 4.84. The second kappa shape index (κ2) is 8.73. The van der Waals surface area contributed by atoms with E-state index in [9.17, 15) is 19.2 Å². The number of nitrogens with one attached hydrogen (secondary N) is 1. The zero-order valence-corrected chi connectivity index (χ0v) is 11.6. The highest BCUT2D eigenvalue weighted by molar-refractivity contribution is 5.88. The summed E-state index contributed by atoms with van der Waals surface area (Å²) in [7, 11) is 0. The maximum absolute atomic E-state index is 12.1. The number of carbonyl (C=O) groups excluding carboxylic acids is 3. The summed E-state index contributed by atoms with van der Waals surface area (Å²) in [5.74, 6) is -2.46. The number of carboxylic acids is 1. The smallest absolute Gasteiger partial charge is 0.323 e. The summed E-state index contributed by atoms with van der Waals surface area (Å²) < 4.78 is 0. The Morgan fingerprint density at radius 2 is 1.65 bits per heavy atom. The average Bonchev–Trinajstić information content (AvgIpc) is 2.33. The van der Waals surface area contributed by atoms with Crippen LogP contribution in [0.4, 0.5) is 4.79 Å². The molecule has 0 aromatic rings. The van der Waals surface area contributed by atoms with Crippen LogP contribution < -0.4 is 11.1 Å². The number of hydrogen-bond donors (Lipinski definition) is 3. The lowest BCUT2D eigenvalue weighted by Gasteiger charge is -2.27. The highest BCUT2D eigenvalue weighted by atomic mass is 16.4. The molecule has 0 aliphatic rings. The molecule has 114 valence electrons. The minimum atomic E-state index is -1.27. The topological polar surface area (TPSA) is 133 Å². The predicted octanol–water partition coefficient (Wildman–Crippen LogP) is -1.56. The first-order valence-corrected chi connectivity index (χ1v) is 6.12. The predicted molar refractivity (Wildman–Crippen MR) is 69.7 cm³/mol. The van der Waals surface area contributed by atoms with E-state index in [-0.39, 0.29) is 19.0 Å². The van der Waals surface area contributed by atoms with Crippen molar-refractivity contribution in [2.45, 2.75) is 13.8 Å². The second-order valence-electron chi connectivity index (χ2n) is 3.97. The quantitative estimate of drug-likeness (QED) is 0.496. The number of nitrogens with zero attached hydrogens (tertiary/aromatic N) is 2. The van der Waals surface area contributed by atoms with Crippen LogP contribution in [-0.4, -0.2) is 71.4 Å². The average molecular weight is 288 g/mol. The molecule has 9 heteroatoms. The number of urea groups is 1. The van der Waals surface area contributed by atoms with Gasteiger partial charge in [-0.25, -0.2) is 4.79 Å². The van der Waals surface area contributed by atoms with Gasteiger partial charge in [-0.15, -0.1) is 0 Å². The van der Waals surface area contributed by atoms with Crippen molar-refractivity contribution in [3.05, 3.63) is 0 Å². The maximum atomic E-state index is 12.1. The molecule has 0 aromatic carbocycles. The van der Waals surface area contributed by atoms with Gasteiger partial charge in [-0.05, 0) is 13.8 Å². The molecule has 4 amide bonds. The number of carboxylic acid groups (broad SMARTS) is 1. The lowest BCUT2D eigenvalue weighted by molar-refractivity contribution is -0.138. The molecule has 0 saturated carbocycles. The maximum Gasteiger partial charge on any atom is 0.323 e. The van der Waals surface area contributed by atoms with Crippen LogP contribution in [0.5, 0.6) is 0 Å². The van der Waals surface area contributed by atoms with Crippen LogP contribution in [0.3, 0.4) is 0 Å². The highest BCUT2D eigenvalue weighted by Gasteiger charge is 2.24. The molecule has 9 nitrogen and oxygen atoms in total. The molecule has 0 fully saturated rings. The fraction of sp³-hybridized carbons (Fsp3) is 0.636. The zero-order chi connectivity index (χ0) is 15.7. The van der Waals surface area contributed by atoms with Crippen molar-refractivity contribution >= 4 is 23.8 Å². The van der Waals surface area contributed by atoms with E-state index in [0.717, 1.165) is 9.80 Å². The van der Waals surface area contributed by atoms with E-state index in [1.54, 1.807) is 13.8 Å². The fourth-order valence-electron chi connectivity index (χ4n) is 1.48. The third-order valence-electron chi connectivity index (χ3n) is 2.30. The molecule has 0 aromatic heterocycles. The Labute approximate surface area is 116 Å². The molecule has 0 atom stereocenters. The molecular formula is C11H20N4O5. The number of carbonyl (C=O) groups is 4. The third-order valence-corrected chi connectivity index (χ3v) is 2.30. The van der Waals surface area contributed by atoms with Crippen LogP contribution in [0, 0.1) is 0 Å². The molecule has 0 unspecified atom stereocenters. The van der Waals surface area contributed by atoms with E-state index in [2.05, 4.69) is 5.32 Å². The van der Waals surface area contributed by atoms with E-state index in [1.165, 1.54) is 0 Å². The van der Waals surface area contributed by atoms with Crippen LogP contribution in [0.1, 0.15) is 13.8 Å². The first-order valence-electron chi connectivity index (χ1n) is 6.12. The first-order chi connectivity index (χ1) is 9.31. The number of rotatable bonds is 8. The van der Waals surface area contributed by atoms with Gasteiger partial charge in [0.1, 0.15) is 19.6 Å². The number of likely N-dealkylation sites (N-methyl/N-ethyl adjacent to an activating group) is 2. The van der Waals surface area contributed by atoms with Gasteiger partial charge in [0.05, 0.1) is 0 Å². The summed E-state index contributed by atoms with van der Waals surface area (Å²) in [5.41, 5.74) is 4.97. The number of primary amides is 1. The number of aliphatic carboxylic acids is 1. The minimum absolute atomic E-state index is 0.199. The summed E-state index contributed by atoms with van der Waals surface area (Å²) in [4.78, 5) is 47.0. The van der Waals surface area contributed by atoms with E-state index in [1.807, 2.05) is 0 Å². The van der Waals surface area contributed by atoms with Crippen molar-refractivity contribution < 1.29 is 24.3 Å². The Bertz CT molecular complexity index is 369. The number of hydrogen-bond acceptors (Lipinski definition) is 4. The van der Waals surface area contributed by atoms with Gasteiger partial charge < -0.3 is 26.0 Å². The lowest BCUT2D eigenvalue weighted by Crippen LogP contribution is -2.50. The largest absolute Gasteiger partial charge is 0.480 e. The lowest BCUT2D eigenvalue weighted by atomic mass is 10.4. The van der Waals surface area contributed by atoms with Crippen LogP contribution in [0.2, 0.25) is 0 Å². The second-order valence-corrected chi connectivity index (χ2v) is 3.97. The van der Waals surface area contributed by atoms with Crippen molar-refractivity contribution in [1.82, 2.24) is 15.1 Å². The molecule has 0 heterocycles. The monoisotopic (exact) mass is 288 g/mol. The summed E-state index contributed by atoms with van der Waals surface area (Å²) in [6, 6.07) is -0.722. The van der Waals surface area contributed by atoms with Crippen molar-refractivity contribution in [2.75, 3.05) is 32.7 Å². The molecular weight excluding hydrogens is 268 g/mol. The Hall–Kier alpha value is -2.32. The summed E-state index contributed by atoms with van der Waals surface area (Å²) in [6.45, 7) is 2.61. The first kappa shape index (κ1) is 17.7. The molecule has 0 saturated heterocycles. The zero-order valence-electron chi connectivity index (χ0n) is 11.6. The van der Waals surface area contributed by atoms with Crippen molar-refractivity contribution in [3.8, 4) is 0 Å². The van der Waals surface area contributed by atoms with Crippen molar-refractivity contribution in [2.24, 2.45) is 5.73 Å². The SMILES string of the molecule is CCNC(=O)CN(CC)C(=O)N(CC(N)=O)CC(=O)O. The summed E-state index contributed by atoms with van der Waals surface area (Å²) in [6.07, 6.45) is 0.